The summed E-state index contributed by atoms with van der Waals surface area (Å²) in [5, 5.41) is 8.08. The number of hydrogen-bond acceptors (Lipinski definition) is 6. The third-order valence-corrected chi connectivity index (χ3v) is 4.91. The van der Waals surface area contributed by atoms with Gasteiger partial charge in [-0.15, -0.1) is 5.10 Å². The highest BCUT2D eigenvalue weighted by Gasteiger charge is 2.29. The Balaban J connectivity index is 1.55. The van der Waals surface area contributed by atoms with E-state index < -0.39 is 0 Å². The Hall–Kier alpha value is -3.42. The third kappa shape index (κ3) is 2.88. The molecule has 1 saturated heterocycles. The molecular formula is C19H20N8. The number of aryl methyl sites for hydroxylation is 1. The van der Waals surface area contributed by atoms with Gasteiger partial charge in [0.05, 0.1) is 12.4 Å². The fraction of sp³-hybridized carbons (Fsp3) is 0.263. The van der Waals surface area contributed by atoms with Crippen molar-refractivity contribution in [1.82, 2.24) is 29.1 Å². The molecule has 0 radical (unpaired) electrons. The van der Waals surface area contributed by atoms with Crippen molar-refractivity contribution in [3.05, 3.63) is 60.9 Å². The molecule has 1 aliphatic heterocycles. The molecule has 5 rings (SSSR count). The number of nitrogens with zero attached hydrogens (tertiary/aromatic N) is 7. The van der Waals surface area contributed by atoms with Crippen LogP contribution in [0.2, 0.25) is 0 Å². The van der Waals surface area contributed by atoms with Crippen LogP contribution in [0.5, 0.6) is 0 Å². The van der Waals surface area contributed by atoms with Gasteiger partial charge in [-0.1, -0.05) is 6.07 Å². The maximum absolute atomic E-state index is 4.85. The zero-order valence-corrected chi connectivity index (χ0v) is 15.0. The number of imidazole rings is 1. The van der Waals surface area contributed by atoms with Gasteiger partial charge in [-0.3, -0.25) is 4.98 Å². The van der Waals surface area contributed by atoms with Crippen molar-refractivity contribution in [2.24, 2.45) is 7.05 Å². The Morgan fingerprint density at radius 2 is 2.19 bits per heavy atom. The van der Waals surface area contributed by atoms with E-state index in [-0.39, 0.29) is 6.04 Å². The van der Waals surface area contributed by atoms with Crippen LogP contribution in [-0.2, 0) is 7.05 Å². The van der Waals surface area contributed by atoms with Crippen LogP contribution in [0.15, 0.2) is 55.4 Å². The molecule has 136 valence electrons. The van der Waals surface area contributed by atoms with Gasteiger partial charge in [-0.05, 0) is 36.6 Å². The van der Waals surface area contributed by atoms with Crippen LogP contribution in [0.4, 0.5) is 17.6 Å². The number of pyridine rings is 1. The number of fused-ring (bicyclic) bond motifs is 1. The Labute approximate surface area is 156 Å². The van der Waals surface area contributed by atoms with Crippen molar-refractivity contribution in [2.45, 2.75) is 18.9 Å². The molecular weight excluding hydrogens is 340 g/mol. The van der Waals surface area contributed by atoms with E-state index in [0.29, 0.717) is 5.95 Å². The van der Waals surface area contributed by atoms with E-state index in [1.54, 1.807) is 12.5 Å². The molecule has 0 aromatic carbocycles. The zero-order valence-electron chi connectivity index (χ0n) is 15.0. The minimum Gasteiger partial charge on any atom is -0.338 e. The molecule has 0 bridgehead atoms. The van der Waals surface area contributed by atoms with Gasteiger partial charge in [0.15, 0.2) is 5.82 Å². The van der Waals surface area contributed by atoms with Crippen LogP contribution in [-0.4, -0.2) is 35.7 Å². The van der Waals surface area contributed by atoms with Gasteiger partial charge in [0, 0.05) is 38.4 Å². The van der Waals surface area contributed by atoms with Crippen LogP contribution in [0, 0.1) is 0 Å². The average Bonchev–Trinajstić information content (AvgIpc) is 3.42. The monoisotopic (exact) mass is 360 g/mol. The predicted octanol–water partition coefficient (Wildman–Crippen LogP) is 2.94. The molecule has 0 aliphatic carbocycles. The van der Waals surface area contributed by atoms with E-state index in [9.17, 15) is 0 Å². The van der Waals surface area contributed by atoms with Crippen LogP contribution >= 0.6 is 0 Å². The minimum atomic E-state index is 0.245. The number of nitrogens with one attached hydrogen (secondary N) is 1. The lowest BCUT2D eigenvalue weighted by molar-refractivity contribution is 0.687. The molecule has 1 atom stereocenters. The number of hydrogen-bond donors (Lipinski definition) is 1. The Morgan fingerprint density at radius 3 is 3.00 bits per heavy atom. The van der Waals surface area contributed by atoms with Gasteiger partial charge in [0.25, 0.3) is 0 Å². The molecule has 0 saturated carbocycles. The van der Waals surface area contributed by atoms with Crippen molar-refractivity contribution in [2.75, 3.05) is 16.8 Å². The van der Waals surface area contributed by atoms with Gasteiger partial charge in [0.1, 0.15) is 11.3 Å². The summed E-state index contributed by atoms with van der Waals surface area (Å²) >= 11 is 0. The van der Waals surface area contributed by atoms with Crippen LogP contribution in [0.1, 0.15) is 24.4 Å². The molecule has 27 heavy (non-hydrogen) atoms. The topological polar surface area (TPSA) is 76.2 Å². The quantitative estimate of drug-likeness (QED) is 0.603. The second-order valence-electron chi connectivity index (χ2n) is 6.79. The van der Waals surface area contributed by atoms with Crippen LogP contribution in [0.3, 0.4) is 0 Å². The van der Waals surface area contributed by atoms with E-state index in [4.69, 9.17) is 10.1 Å². The Morgan fingerprint density at radius 1 is 1.22 bits per heavy atom. The molecule has 4 aromatic rings. The Kier molecular flexibility index (Phi) is 3.74. The van der Waals surface area contributed by atoms with Gasteiger partial charge >= 0.3 is 0 Å². The lowest BCUT2D eigenvalue weighted by atomic mass is 10.1. The van der Waals surface area contributed by atoms with E-state index >= 15 is 0 Å². The molecule has 1 N–H and O–H groups in total. The zero-order chi connectivity index (χ0) is 18.2. The third-order valence-electron chi connectivity index (χ3n) is 4.91. The summed E-state index contributed by atoms with van der Waals surface area (Å²) in [5.41, 5.74) is 2.12. The lowest BCUT2D eigenvalue weighted by Gasteiger charge is -2.25. The standard InChI is InChI=1S/C19H20N8/c1-25-12-17(21-13-25)22-18-16-7-4-10-27(16)24-19(23-18)26-9-3-6-15(26)14-5-2-8-20-11-14/h2,4-5,7-8,10-13,15H,3,6,9H2,1H3,(H,22,23,24). The van der Waals surface area contributed by atoms with Crippen molar-refractivity contribution in [3.8, 4) is 0 Å². The van der Waals surface area contributed by atoms with E-state index in [1.165, 1.54) is 5.56 Å². The maximum Gasteiger partial charge on any atom is 0.246 e. The molecule has 8 nitrogen and oxygen atoms in total. The van der Waals surface area contributed by atoms with Crippen LogP contribution in [0.25, 0.3) is 5.52 Å². The largest absolute Gasteiger partial charge is 0.338 e. The van der Waals surface area contributed by atoms with E-state index in [2.05, 4.69) is 26.3 Å². The average molecular weight is 360 g/mol. The number of aromatic nitrogens is 6. The van der Waals surface area contributed by atoms with Crippen LogP contribution < -0.4 is 10.2 Å². The van der Waals surface area contributed by atoms with Gasteiger partial charge in [0.2, 0.25) is 5.95 Å². The molecule has 0 spiro atoms. The molecule has 1 fully saturated rings. The summed E-state index contributed by atoms with van der Waals surface area (Å²) in [4.78, 5) is 15.7. The molecule has 1 unspecified atom stereocenters. The SMILES string of the molecule is Cn1cnc(Nc2nc(N3CCCC3c3cccnc3)nn3cccc23)c1. The maximum atomic E-state index is 4.85. The second kappa shape index (κ2) is 6.39. The number of rotatable bonds is 4. The first-order valence-electron chi connectivity index (χ1n) is 9.05. The fourth-order valence-electron chi connectivity index (χ4n) is 3.66. The smallest absolute Gasteiger partial charge is 0.246 e. The van der Waals surface area contributed by atoms with Gasteiger partial charge in [-0.25, -0.2) is 9.50 Å². The predicted molar refractivity (Wildman–Crippen MR) is 103 cm³/mol. The van der Waals surface area contributed by atoms with Crippen molar-refractivity contribution < 1.29 is 0 Å². The molecule has 4 aromatic heterocycles. The summed E-state index contributed by atoms with van der Waals surface area (Å²) < 4.78 is 3.77. The first-order chi connectivity index (χ1) is 13.3. The highest BCUT2D eigenvalue weighted by molar-refractivity contribution is 5.73. The molecule has 8 heteroatoms. The van der Waals surface area contributed by atoms with E-state index in [0.717, 1.165) is 36.5 Å². The molecule has 1 aliphatic rings. The summed E-state index contributed by atoms with van der Waals surface area (Å²) in [6.07, 6.45) is 11.6. The highest BCUT2D eigenvalue weighted by atomic mass is 15.4. The summed E-state index contributed by atoms with van der Waals surface area (Å²) in [6, 6.07) is 8.32. The second-order valence-corrected chi connectivity index (χ2v) is 6.79. The van der Waals surface area contributed by atoms with Gasteiger partial charge < -0.3 is 14.8 Å². The molecule has 0 amide bonds. The van der Waals surface area contributed by atoms with Gasteiger partial charge in [-0.2, -0.15) is 4.98 Å². The molecule has 5 heterocycles. The summed E-state index contributed by atoms with van der Waals surface area (Å²) in [7, 11) is 1.94. The van der Waals surface area contributed by atoms with E-state index in [1.807, 2.05) is 52.9 Å². The first kappa shape index (κ1) is 15.8. The van der Waals surface area contributed by atoms with Crippen molar-refractivity contribution >= 4 is 23.1 Å². The fourth-order valence-corrected chi connectivity index (χ4v) is 3.66. The summed E-state index contributed by atoms with van der Waals surface area (Å²) in [5.74, 6) is 2.22. The number of anilines is 3. The highest BCUT2D eigenvalue weighted by Crippen LogP contribution is 2.35. The van der Waals surface area contributed by atoms with Crippen molar-refractivity contribution in [1.29, 1.82) is 0 Å². The summed E-state index contributed by atoms with van der Waals surface area (Å²) in [6.45, 7) is 0.926. The lowest BCUT2D eigenvalue weighted by Crippen LogP contribution is -2.26. The van der Waals surface area contributed by atoms with Crippen molar-refractivity contribution in [3.63, 3.8) is 0 Å². The Bertz CT molecular complexity index is 1070. The normalized spacial score (nSPS) is 16.9. The first-order valence-corrected chi connectivity index (χ1v) is 9.05. The minimum absolute atomic E-state index is 0.245.